The van der Waals surface area contributed by atoms with Crippen molar-refractivity contribution < 1.29 is 14.4 Å². The number of nitrogens with one attached hydrogen (secondary N) is 2. The topological polar surface area (TPSA) is 105 Å². The lowest BCUT2D eigenvalue weighted by Crippen LogP contribution is -2.52. The Morgan fingerprint density at radius 1 is 1.28 bits per heavy atom. The lowest BCUT2D eigenvalue weighted by Gasteiger charge is -2.29. The van der Waals surface area contributed by atoms with Crippen molar-refractivity contribution in [2.45, 2.75) is 44.4 Å². The number of piperidine rings is 1. The summed E-state index contributed by atoms with van der Waals surface area (Å²) in [7, 11) is 0. The second-order valence-corrected chi connectivity index (χ2v) is 7.11. The van der Waals surface area contributed by atoms with Gasteiger partial charge in [0.25, 0.3) is 5.91 Å². The van der Waals surface area contributed by atoms with Gasteiger partial charge in [0.05, 0.1) is 0 Å². The first-order valence-electron chi connectivity index (χ1n) is 8.76. The van der Waals surface area contributed by atoms with Gasteiger partial charge in [0.1, 0.15) is 6.04 Å². The molecule has 25 heavy (non-hydrogen) atoms. The molecule has 1 aromatic rings. The van der Waals surface area contributed by atoms with Crippen LogP contribution in [0.4, 0.5) is 0 Å². The number of hydrogen-bond acceptors (Lipinski definition) is 5. The quantitative estimate of drug-likeness (QED) is 0.648. The smallest absolute Gasteiger partial charge is 0.255 e. The van der Waals surface area contributed by atoms with Gasteiger partial charge in [-0.3, -0.25) is 19.7 Å². The number of nitrogens with two attached hydrogens (primary N) is 1. The van der Waals surface area contributed by atoms with Gasteiger partial charge in [-0.15, -0.1) is 0 Å². The average molecular weight is 342 g/mol. The highest BCUT2D eigenvalue weighted by atomic mass is 16.2. The molecule has 132 valence electrons. The molecule has 3 amide bonds. The van der Waals surface area contributed by atoms with E-state index in [4.69, 9.17) is 5.73 Å². The van der Waals surface area contributed by atoms with Crippen molar-refractivity contribution in [3.8, 4) is 0 Å². The summed E-state index contributed by atoms with van der Waals surface area (Å²) in [6.45, 7) is 1.89. The summed E-state index contributed by atoms with van der Waals surface area (Å²) in [5, 5.41) is 5.80. The molecule has 1 saturated heterocycles. The van der Waals surface area contributed by atoms with Gasteiger partial charge in [0.15, 0.2) is 0 Å². The van der Waals surface area contributed by atoms with E-state index >= 15 is 0 Å². The number of nitrogens with zero attached hydrogens (tertiary/aromatic N) is 1. The van der Waals surface area contributed by atoms with Gasteiger partial charge in [-0.1, -0.05) is 12.1 Å². The first kappa shape index (κ1) is 16.2. The molecule has 3 atom stereocenters. The molecule has 0 spiro atoms. The number of amides is 3. The van der Waals surface area contributed by atoms with E-state index in [-0.39, 0.29) is 24.1 Å². The fourth-order valence-electron chi connectivity index (χ4n) is 3.74. The van der Waals surface area contributed by atoms with Crippen molar-refractivity contribution in [2.75, 3.05) is 6.54 Å². The lowest BCUT2D eigenvalue weighted by molar-refractivity contribution is -0.136. The third kappa shape index (κ3) is 3.05. The van der Waals surface area contributed by atoms with Crippen molar-refractivity contribution in [2.24, 2.45) is 11.7 Å². The van der Waals surface area contributed by atoms with E-state index < -0.39 is 6.04 Å². The molecule has 3 unspecified atom stereocenters. The van der Waals surface area contributed by atoms with Crippen LogP contribution in [0.25, 0.3) is 0 Å². The Bertz CT molecular complexity index is 748. The van der Waals surface area contributed by atoms with Gasteiger partial charge in [0.2, 0.25) is 11.8 Å². The third-order valence-electron chi connectivity index (χ3n) is 5.38. The average Bonchev–Trinajstić information content (AvgIpc) is 3.29. The number of imide groups is 1. The normalized spacial score (nSPS) is 28.1. The highest BCUT2D eigenvalue weighted by Gasteiger charge is 2.39. The van der Waals surface area contributed by atoms with Gasteiger partial charge in [0, 0.05) is 31.1 Å². The van der Waals surface area contributed by atoms with Crippen molar-refractivity contribution >= 4 is 17.7 Å². The number of fused-ring (bicyclic) bond motifs is 1. The van der Waals surface area contributed by atoms with Crippen molar-refractivity contribution in [3.05, 3.63) is 34.9 Å². The van der Waals surface area contributed by atoms with Gasteiger partial charge in [-0.25, -0.2) is 0 Å². The minimum Gasteiger partial charge on any atom is -0.330 e. The summed E-state index contributed by atoms with van der Waals surface area (Å²) in [6.07, 6.45) is 1.79. The Morgan fingerprint density at radius 3 is 2.84 bits per heavy atom. The molecule has 2 aliphatic heterocycles. The maximum atomic E-state index is 12.6. The third-order valence-corrected chi connectivity index (χ3v) is 5.38. The van der Waals surface area contributed by atoms with Crippen LogP contribution < -0.4 is 16.4 Å². The molecule has 0 radical (unpaired) electrons. The summed E-state index contributed by atoms with van der Waals surface area (Å²) in [5.74, 6) is -0.191. The first-order valence-corrected chi connectivity index (χ1v) is 8.76. The second-order valence-electron chi connectivity index (χ2n) is 7.11. The van der Waals surface area contributed by atoms with Crippen LogP contribution in [0.15, 0.2) is 18.2 Å². The number of benzene rings is 1. The zero-order valence-corrected chi connectivity index (χ0v) is 14.0. The van der Waals surface area contributed by atoms with Crippen molar-refractivity contribution in [1.82, 2.24) is 15.5 Å². The molecule has 4 rings (SSSR count). The van der Waals surface area contributed by atoms with Crippen LogP contribution in [0.3, 0.4) is 0 Å². The summed E-state index contributed by atoms with van der Waals surface area (Å²) in [5.41, 5.74) is 8.37. The Hall–Kier alpha value is -2.25. The molecule has 7 heteroatoms. The standard InChI is InChI=1S/C18H22N4O3/c19-7-11-6-14(11)20-8-10-1-2-13-12(5-10)9-22(18(13)25)15-3-4-16(23)21-17(15)24/h1-2,5,11,14-15,20H,3-4,6-9,19H2,(H,21,23,24). The van der Waals surface area contributed by atoms with Gasteiger partial charge in [-0.2, -0.15) is 0 Å². The largest absolute Gasteiger partial charge is 0.330 e. The zero-order chi connectivity index (χ0) is 17.6. The molecule has 1 aliphatic carbocycles. The van der Waals surface area contributed by atoms with E-state index in [0.717, 1.165) is 30.6 Å². The van der Waals surface area contributed by atoms with E-state index in [0.29, 0.717) is 30.5 Å². The summed E-state index contributed by atoms with van der Waals surface area (Å²) in [6, 6.07) is 5.77. The molecule has 3 aliphatic rings. The Labute approximate surface area is 145 Å². The maximum Gasteiger partial charge on any atom is 0.255 e. The predicted octanol–water partition coefficient (Wildman–Crippen LogP) is -0.116. The summed E-state index contributed by atoms with van der Waals surface area (Å²) >= 11 is 0. The van der Waals surface area contributed by atoms with Gasteiger partial charge in [-0.05, 0) is 42.5 Å². The molecular weight excluding hydrogens is 320 g/mol. The van der Waals surface area contributed by atoms with E-state index in [1.165, 1.54) is 0 Å². The number of rotatable bonds is 5. The van der Waals surface area contributed by atoms with Crippen LogP contribution in [0.5, 0.6) is 0 Å². The first-order chi connectivity index (χ1) is 12.1. The van der Waals surface area contributed by atoms with E-state index in [2.05, 4.69) is 10.6 Å². The molecule has 0 aromatic heterocycles. The lowest BCUT2D eigenvalue weighted by atomic mass is 10.0. The highest BCUT2D eigenvalue weighted by Crippen LogP contribution is 2.30. The minimum atomic E-state index is -0.559. The van der Waals surface area contributed by atoms with E-state index in [1.807, 2.05) is 18.2 Å². The van der Waals surface area contributed by atoms with Crippen LogP contribution >= 0.6 is 0 Å². The molecule has 2 fully saturated rings. The molecular formula is C18H22N4O3. The highest BCUT2D eigenvalue weighted by molar-refractivity contribution is 6.05. The number of carbonyl (C=O) groups excluding carboxylic acids is 3. The monoisotopic (exact) mass is 342 g/mol. The van der Waals surface area contributed by atoms with Crippen LogP contribution in [0.2, 0.25) is 0 Å². The van der Waals surface area contributed by atoms with Gasteiger partial charge >= 0.3 is 0 Å². The van der Waals surface area contributed by atoms with Crippen LogP contribution in [0, 0.1) is 5.92 Å². The van der Waals surface area contributed by atoms with Crippen molar-refractivity contribution in [3.63, 3.8) is 0 Å². The maximum absolute atomic E-state index is 12.6. The molecule has 0 bridgehead atoms. The van der Waals surface area contributed by atoms with Crippen LogP contribution in [-0.2, 0) is 22.7 Å². The molecule has 7 nitrogen and oxygen atoms in total. The number of carbonyl (C=O) groups is 3. The Morgan fingerprint density at radius 2 is 2.12 bits per heavy atom. The SMILES string of the molecule is NCC1CC1NCc1ccc2c(c1)CN(C1CCC(=O)NC1=O)C2=O. The Balaban J connectivity index is 1.44. The van der Waals surface area contributed by atoms with Crippen LogP contribution in [-0.4, -0.2) is 41.2 Å². The molecule has 4 N–H and O–H groups in total. The van der Waals surface area contributed by atoms with E-state index in [9.17, 15) is 14.4 Å². The number of hydrogen-bond donors (Lipinski definition) is 3. The predicted molar refractivity (Wildman–Crippen MR) is 90.3 cm³/mol. The van der Waals surface area contributed by atoms with Gasteiger partial charge < -0.3 is 16.0 Å². The fraction of sp³-hybridized carbons (Fsp3) is 0.500. The van der Waals surface area contributed by atoms with Crippen molar-refractivity contribution in [1.29, 1.82) is 0 Å². The minimum absolute atomic E-state index is 0.130. The summed E-state index contributed by atoms with van der Waals surface area (Å²) < 4.78 is 0. The molecule has 2 heterocycles. The van der Waals surface area contributed by atoms with E-state index in [1.54, 1.807) is 4.90 Å². The summed E-state index contributed by atoms with van der Waals surface area (Å²) in [4.78, 5) is 37.6. The second kappa shape index (κ2) is 6.24. The Kier molecular flexibility index (Phi) is 4.05. The molecule has 1 aromatic carbocycles. The molecule has 1 saturated carbocycles. The van der Waals surface area contributed by atoms with Crippen LogP contribution in [0.1, 0.15) is 40.7 Å². The zero-order valence-electron chi connectivity index (χ0n) is 14.0. The fourth-order valence-corrected chi connectivity index (χ4v) is 3.74.